The van der Waals surface area contributed by atoms with Crippen LogP contribution in [0.1, 0.15) is 0 Å². The predicted molar refractivity (Wildman–Crippen MR) is 95.5 cm³/mol. The Kier molecular flexibility index (Phi) is 5.37. The summed E-state index contributed by atoms with van der Waals surface area (Å²) in [5.41, 5.74) is 1.87. The van der Waals surface area contributed by atoms with Crippen molar-refractivity contribution in [3.05, 3.63) is 59.5 Å². The molecule has 2 heterocycles. The molecule has 128 valence electrons. The molecule has 0 bridgehead atoms. The molecule has 3 rings (SSSR count). The van der Waals surface area contributed by atoms with Crippen molar-refractivity contribution in [3.8, 4) is 11.4 Å². The molecule has 25 heavy (non-hydrogen) atoms. The second kappa shape index (κ2) is 7.87. The molecule has 3 aromatic rings. The second-order valence-corrected chi connectivity index (χ2v) is 5.49. The van der Waals surface area contributed by atoms with E-state index in [0.717, 1.165) is 0 Å². The SMILES string of the molecule is OCCNc1nc(Nc2ccc(F)c(Cl)c2)cc(-c2ccccn2)n1. The third-order valence-corrected chi connectivity index (χ3v) is 3.53. The van der Waals surface area contributed by atoms with Crippen molar-refractivity contribution in [2.75, 3.05) is 23.8 Å². The lowest BCUT2D eigenvalue weighted by molar-refractivity contribution is 0.311. The summed E-state index contributed by atoms with van der Waals surface area (Å²) in [5.74, 6) is 0.334. The molecule has 0 unspecified atom stereocenters. The van der Waals surface area contributed by atoms with Gasteiger partial charge in [-0.25, -0.2) is 9.37 Å². The van der Waals surface area contributed by atoms with Crippen LogP contribution in [-0.2, 0) is 0 Å². The van der Waals surface area contributed by atoms with Crippen LogP contribution in [0.2, 0.25) is 5.02 Å². The third kappa shape index (κ3) is 4.40. The molecule has 0 aliphatic carbocycles. The standard InChI is InChI=1S/C17H15ClFN5O/c18-12-9-11(4-5-13(12)19)22-16-10-15(14-3-1-2-6-20-14)23-17(24-16)21-7-8-25/h1-6,9-10,25H,7-8H2,(H2,21,22,23,24). The highest BCUT2D eigenvalue weighted by Crippen LogP contribution is 2.25. The minimum atomic E-state index is -0.491. The van der Waals surface area contributed by atoms with Crippen LogP contribution in [0.4, 0.5) is 21.8 Å². The molecule has 0 radical (unpaired) electrons. The number of halogens is 2. The Bertz CT molecular complexity index is 863. The zero-order valence-electron chi connectivity index (χ0n) is 13.1. The average Bonchev–Trinajstić information content (AvgIpc) is 2.63. The average molecular weight is 360 g/mol. The summed E-state index contributed by atoms with van der Waals surface area (Å²) in [6, 6.07) is 11.5. The van der Waals surface area contributed by atoms with Gasteiger partial charge >= 0.3 is 0 Å². The van der Waals surface area contributed by atoms with Gasteiger partial charge in [0.2, 0.25) is 5.95 Å². The van der Waals surface area contributed by atoms with Gasteiger partial charge in [-0.2, -0.15) is 4.98 Å². The van der Waals surface area contributed by atoms with Gasteiger partial charge in [0.05, 0.1) is 23.0 Å². The van der Waals surface area contributed by atoms with Crippen LogP contribution in [0.15, 0.2) is 48.7 Å². The van der Waals surface area contributed by atoms with Crippen molar-refractivity contribution >= 4 is 29.1 Å². The summed E-state index contributed by atoms with van der Waals surface area (Å²) in [4.78, 5) is 13.0. The number of aliphatic hydroxyl groups is 1. The second-order valence-electron chi connectivity index (χ2n) is 5.08. The summed E-state index contributed by atoms with van der Waals surface area (Å²) >= 11 is 5.81. The Morgan fingerprint density at radius 3 is 2.68 bits per heavy atom. The summed E-state index contributed by atoms with van der Waals surface area (Å²) in [5, 5.41) is 15.0. The maximum absolute atomic E-state index is 13.3. The van der Waals surface area contributed by atoms with E-state index in [1.807, 2.05) is 18.2 Å². The largest absolute Gasteiger partial charge is 0.395 e. The molecule has 0 spiro atoms. The Morgan fingerprint density at radius 1 is 1.08 bits per heavy atom. The number of hydrogen-bond acceptors (Lipinski definition) is 6. The normalized spacial score (nSPS) is 10.5. The van der Waals surface area contributed by atoms with Crippen LogP contribution < -0.4 is 10.6 Å². The monoisotopic (exact) mass is 359 g/mol. The summed E-state index contributed by atoms with van der Waals surface area (Å²) in [7, 11) is 0. The molecular formula is C17H15ClFN5O. The fourth-order valence-corrected chi connectivity index (χ4v) is 2.31. The quantitative estimate of drug-likeness (QED) is 0.625. The van der Waals surface area contributed by atoms with Crippen LogP contribution in [0.5, 0.6) is 0 Å². The highest BCUT2D eigenvalue weighted by molar-refractivity contribution is 6.31. The first-order valence-corrected chi connectivity index (χ1v) is 7.91. The molecule has 0 saturated heterocycles. The first-order chi connectivity index (χ1) is 12.2. The van der Waals surface area contributed by atoms with Crippen molar-refractivity contribution in [2.24, 2.45) is 0 Å². The van der Waals surface area contributed by atoms with Gasteiger partial charge in [0.1, 0.15) is 11.6 Å². The van der Waals surface area contributed by atoms with Gasteiger partial charge in [-0.15, -0.1) is 0 Å². The maximum atomic E-state index is 13.3. The lowest BCUT2D eigenvalue weighted by atomic mass is 10.2. The van der Waals surface area contributed by atoms with Gasteiger partial charge in [-0.05, 0) is 30.3 Å². The Morgan fingerprint density at radius 2 is 1.96 bits per heavy atom. The molecule has 0 aliphatic rings. The number of pyridine rings is 1. The van der Waals surface area contributed by atoms with Gasteiger partial charge in [-0.1, -0.05) is 17.7 Å². The number of aliphatic hydroxyl groups excluding tert-OH is 1. The Hall–Kier alpha value is -2.77. The van der Waals surface area contributed by atoms with E-state index < -0.39 is 5.82 Å². The van der Waals surface area contributed by atoms with Gasteiger partial charge in [-0.3, -0.25) is 4.98 Å². The molecule has 8 heteroatoms. The number of nitrogens with zero attached hydrogens (tertiary/aromatic N) is 3. The number of hydrogen-bond donors (Lipinski definition) is 3. The number of nitrogens with one attached hydrogen (secondary N) is 2. The van der Waals surface area contributed by atoms with E-state index in [4.69, 9.17) is 16.7 Å². The molecular weight excluding hydrogens is 345 g/mol. The molecule has 0 aliphatic heterocycles. The van der Waals surface area contributed by atoms with Crippen LogP contribution in [-0.4, -0.2) is 33.2 Å². The predicted octanol–water partition coefficient (Wildman–Crippen LogP) is 3.48. The summed E-state index contributed by atoms with van der Waals surface area (Å²) in [6.45, 7) is 0.265. The van der Waals surface area contributed by atoms with Crippen LogP contribution in [0, 0.1) is 5.82 Å². The molecule has 1 aromatic carbocycles. The van der Waals surface area contributed by atoms with Gasteiger partial charge in [0, 0.05) is 24.5 Å². The zero-order chi connectivity index (χ0) is 17.6. The number of benzene rings is 1. The topological polar surface area (TPSA) is 83.0 Å². The number of aromatic nitrogens is 3. The minimum Gasteiger partial charge on any atom is -0.395 e. The summed E-state index contributed by atoms with van der Waals surface area (Å²) in [6.07, 6.45) is 1.67. The van der Waals surface area contributed by atoms with Gasteiger partial charge in [0.15, 0.2) is 0 Å². The summed E-state index contributed by atoms with van der Waals surface area (Å²) < 4.78 is 13.3. The van der Waals surface area contributed by atoms with Crippen molar-refractivity contribution in [1.82, 2.24) is 15.0 Å². The van der Waals surface area contributed by atoms with Gasteiger partial charge < -0.3 is 15.7 Å². The maximum Gasteiger partial charge on any atom is 0.225 e. The number of rotatable bonds is 6. The molecule has 0 amide bonds. The van der Waals surface area contributed by atoms with E-state index in [9.17, 15) is 4.39 Å². The van der Waals surface area contributed by atoms with Crippen molar-refractivity contribution in [1.29, 1.82) is 0 Å². The van der Waals surface area contributed by atoms with E-state index in [1.165, 1.54) is 12.1 Å². The van der Waals surface area contributed by atoms with E-state index in [1.54, 1.807) is 18.3 Å². The fourth-order valence-electron chi connectivity index (χ4n) is 2.13. The fraction of sp³-hybridized carbons (Fsp3) is 0.118. The lowest BCUT2D eigenvalue weighted by Crippen LogP contribution is -2.10. The van der Waals surface area contributed by atoms with Crippen LogP contribution >= 0.6 is 11.6 Å². The Labute approximate surface area is 148 Å². The first-order valence-electron chi connectivity index (χ1n) is 7.53. The van der Waals surface area contributed by atoms with E-state index in [2.05, 4.69) is 25.6 Å². The van der Waals surface area contributed by atoms with Crippen LogP contribution in [0.3, 0.4) is 0 Å². The first kappa shape index (κ1) is 17.1. The zero-order valence-corrected chi connectivity index (χ0v) is 13.8. The smallest absolute Gasteiger partial charge is 0.225 e. The highest BCUT2D eigenvalue weighted by atomic mass is 35.5. The molecule has 0 saturated carbocycles. The van der Waals surface area contributed by atoms with E-state index in [-0.39, 0.29) is 11.6 Å². The minimum absolute atomic E-state index is 0.0163. The van der Waals surface area contributed by atoms with Crippen molar-refractivity contribution in [3.63, 3.8) is 0 Å². The highest BCUT2D eigenvalue weighted by Gasteiger charge is 2.09. The van der Waals surface area contributed by atoms with E-state index >= 15 is 0 Å². The van der Waals surface area contributed by atoms with Gasteiger partial charge in [0.25, 0.3) is 0 Å². The van der Waals surface area contributed by atoms with E-state index in [0.29, 0.717) is 35.4 Å². The Balaban J connectivity index is 1.95. The molecule has 0 fully saturated rings. The molecule has 6 nitrogen and oxygen atoms in total. The van der Waals surface area contributed by atoms with Crippen LogP contribution in [0.25, 0.3) is 11.4 Å². The van der Waals surface area contributed by atoms with Crippen molar-refractivity contribution in [2.45, 2.75) is 0 Å². The third-order valence-electron chi connectivity index (χ3n) is 3.24. The lowest BCUT2D eigenvalue weighted by Gasteiger charge is -2.11. The molecule has 0 atom stereocenters. The molecule has 3 N–H and O–H groups in total. The van der Waals surface area contributed by atoms with Crippen molar-refractivity contribution < 1.29 is 9.50 Å². The number of anilines is 3. The molecule has 2 aromatic heterocycles.